The summed E-state index contributed by atoms with van der Waals surface area (Å²) < 4.78 is 0. The molecule has 0 aliphatic heterocycles. The van der Waals surface area contributed by atoms with Crippen molar-refractivity contribution in [3.8, 4) is 0 Å². The standard InChI is InChI=1S/C10H10O2.C8H14O2.2C2H6/c1-7(11)9-5-3-4-6-10(9)8(2)12;1-6(8(3)10)4-5-7(2)9;2*1-2/h3-6H,1-2H3;6H,4-5H2,1-3H3;2*1-2H3. The largest absolute Gasteiger partial charge is 0.300 e. The second-order valence-corrected chi connectivity index (χ2v) is 5.41. The van der Waals surface area contributed by atoms with Gasteiger partial charge in [-0.1, -0.05) is 58.9 Å². The van der Waals surface area contributed by atoms with Crippen LogP contribution in [0, 0.1) is 5.92 Å². The van der Waals surface area contributed by atoms with Crippen molar-refractivity contribution in [3.05, 3.63) is 35.4 Å². The van der Waals surface area contributed by atoms with E-state index in [1.54, 1.807) is 38.1 Å². The lowest BCUT2D eigenvalue weighted by Crippen LogP contribution is -2.07. The molecule has 0 saturated heterocycles. The molecule has 148 valence electrons. The fourth-order valence-electron chi connectivity index (χ4n) is 1.72. The van der Waals surface area contributed by atoms with E-state index in [1.807, 2.05) is 34.6 Å². The Bertz CT molecular complexity index is 526. The van der Waals surface area contributed by atoms with Gasteiger partial charge in [0.1, 0.15) is 11.6 Å². The molecular weight excluding hydrogens is 328 g/mol. The van der Waals surface area contributed by atoms with Gasteiger partial charge in [0.05, 0.1) is 0 Å². The minimum absolute atomic E-state index is 0.0453. The Kier molecular flexibility index (Phi) is 19.5. The summed E-state index contributed by atoms with van der Waals surface area (Å²) in [5.74, 6) is 0.236. The summed E-state index contributed by atoms with van der Waals surface area (Å²) in [4.78, 5) is 43.1. The first-order chi connectivity index (χ1) is 12.2. The SMILES string of the molecule is CC.CC.CC(=O)CCC(C)C(C)=O.CC(=O)c1ccccc1C(C)=O. The fraction of sp³-hybridized carbons (Fsp3) is 0.545. The van der Waals surface area contributed by atoms with Gasteiger partial charge in [-0.05, 0) is 34.1 Å². The Balaban J connectivity index is -0.000000346. The minimum Gasteiger partial charge on any atom is -0.300 e. The Morgan fingerprint density at radius 3 is 1.35 bits per heavy atom. The zero-order valence-electron chi connectivity index (χ0n) is 17.9. The number of Topliss-reactive ketones (excluding diaryl/α,β-unsaturated/α-hetero) is 4. The van der Waals surface area contributed by atoms with Crippen LogP contribution in [0.3, 0.4) is 0 Å². The highest BCUT2D eigenvalue weighted by Crippen LogP contribution is 2.09. The predicted octanol–water partition coefficient (Wildman–Crippen LogP) is 5.72. The molecule has 0 spiro atoms. The molecule has 0 saturated carbocycles. The van der Waals surface area contributed by atoms with E-state index in [0.29, 0.717) is 24.0 Å². The zero-order chi connectivity index (χ0) is 21.3. The van der Waals surface area contributed by atoms with Crippen molar-refractivity contribution in [2.45, 2.75) is 75.2 Å². The first kappa shape index (κ1) is 28.7. The third kappa shape index (κ3) is 14.3. The molecule has 0 N–H and O–H groups in total. The van der Waals surface area contributed by atoms with Crippen molar-refractivity contribution in [3.63, 3.8) is 0 Å². The first-order valence-electron chi connectivity index (χ1n) is 9.27. The second kappa shape index (κ2) is 17.7. The van der Waals surface area contributed by atoms with Crippen LogP contribution in [0.2, 0.25) is 0 Å². The summed E-state index contributed by atoms with van der Waals surface area (Å²) in [7, 11) is 0. The highest BCUT2D eigenvalue weighted by Gasteiger charge is 2.09. The van der Waals surface area contributed by atoms with Gasteiger partial charge in [0.15, 0.2) is 11.6 Å². The number of benzene rings is 1. The Labute approximate surface area is 159 Å². The van der Waals surface area contributed by atoms with Gasteiger partial charge < -0.3 is 4.79 Å². The second-order valence-electron chi connectivity index (χ2n) is 5.41. The maximum atomic E-state index is 11.0. The molecule has 0 amide bonds. The molecule has 0 radical (unpaired) electrons. The van der Waals surface area contributed by atoms with Crippen LogP contribution in [0.5, 0.6) is 0 Å². The van der Waals surface area contributed by atoms with Crippen molar-refractivity contribution in [1.29, 1.82) is 0 Å². The highest BCUT2D eigenvalue weighted by molar-refractivity contribution is 6.07. The average molecular weight is 365 g/mol. The number of hydrogen-bond donors (Lipinski definition) is 0. The molecule has 0 bridgehead atoms. The number of rotatable bonds is 6. The third-order valence-corrected chi connectivity index (χ3v) is 3.31. The van der Waals surface area contributed by atoms with Gasteiger partial charge in [0.25, 0.3) is 0 Å². The summed E-state index contributed by atoms with van der Waals surface area (Å²) in [6, 6.07) is 6.84. The summed E-state index contributed by atoms with van der Waals surface area (Å²) >= 11 is 0. The third-order valence-electron chi connectivity index (χ3n) is 3.31. The van der Waals surface area contributed by atoms with Crippen molar-refractivity contribution in [1.82, 2.24) is 0 Å². The summed E-state index contributed by atoms with van der Waals surface area (Å²) in [5, 5.41) is 0. The van der Waals surface area contributed by atoms with Crippen molar-refractivity contribution < 1.29 is 19.2 Å². The monoisotopic (exact) mass is 364 g/mol. The van der Waals surface area contributed by atoms with Crippen LogP contribution < -0.4 is 0 Å². The van der Waals surface area contributed by atoms with E-state index < -0.39 is 0 Å². The van der Waals surface area contributed by atoms with E-state index in [4.69, 9.17) is 0 Å². The van der Waals surface area contributed by atoms with Crippen molar-refractivity contribution in [2.75, 3.05) is 0 Å². The Morgan fingerprint density at radius 1 is 0.769 bits per heavy atom. The van der Waals surface area contributed by atoms with Crippen LogP contribution in [0.1, 0.15) is 95.9 Å². The summed E-state index contributed by atoms with van der Waals surface area (Å²) in [5.41, 5.74) is 1.01. The van der Waals surface area contributed by atoms with Crippen molar-refractivity contribution >= 4 is 23.1 Å². The molecule has 0 fully saturated rings. The number of carbonyl (C=O) groups is 4. The molecule has 1 rings (SSSR count). The lowest BCUT2D eigenvalue weighted by molar-refractivity contribution is -0.121. The number of carbonyl (C=O) groups excluding carboxylic acids is 4. The average Bonchev–Trinajstić information content (AvgIpc) is 2.63. The van der Waals surface area contributed by atoms with Crippen LogP contribution in [-0.2, 0) is 9.59 Å². The molecule has 4 nitrogen and oxygen atoms in total. The van der Waals surface area contributed by atoms with Crippen LogP contribution in [0.4, 0.5) is 0 Å². The molecule has 1 aromatic carbocycles. The molecule has 1 aromatic rings. The van der Waals surface area contributed by atoms with E-state index in [9.17, 15) is 19.2 Å². The van der Waals surface area contributed by atoms with Gasteiger partial charge in [0.2, 0.25) is 0 Å². The van der Waals surface area contributed by atoms with Gasteiger partial charge in [-0.25, -0.2) is 0 Å². The number of ketones is 4. The predicted molar refractivity (Wildman–Crippen MR) is 109 cm³/mol. The molecule has 0 aliphatic rings. The van der Waals surface area contributed by atoms with Crippen LogP contribution in [-0.4, -0.2) is 23.1 Å². The molecule has 1 atom stereocenters. The fourth-order valence-corrected chi connectivity index (χ4v) is 1.72. The molecule has 26 heavy (non-hydrogen) atoms. The lowest BCUT2D eigenvalue weighted by Gasteiger charge is -2.03. The van der Waals surface area contributed by atoms with Gasteiger partial charge in [0, 0.05) is 23.5 Å². The normalized spacial score (nSPS) is 9.73. The van der Waals surface area contributed by atoms with Crippen LogP contribution >= 0.6 is 0 Å². The van der Waals surface area contributed by atoms with Gasteiger partial charge in [-0.15, -0.1) is 0 Å². The summed E-state index contributed by atoms with van der Waals surface area (Å²) in [6.45, 7) is 15.9. The molecular formula is C22H36O4. The van der Waals surface area contributed by atoms with E-state index >= 15 is 0 Å². The van der Waals surface area contributed by atoms with Gasteiger partial charge in [-0.2, -0.15) is 0 Å². The summed E-state index contributed by atoms with van der Waals surface area (Å²) in [6.07, 6.45) is 1.23. The van der Waals surface area contributed by atoms with Gasteiger partial charge in [-0.3, -0.25) is 14.4 Å². The molecule has 4 heteroatoms. The Hall–Kier alpha value is -2.10. The van der Waals surface area contributed by atoms with E-state index in [-0.39, 0.29) is 29.1 Å². The van der Waals surface area contributed by atoms with Crippen molar-refractivity contribution in [2.24, 2.45) is 5.92 Å². The maximum absolute atomic E-state index is 11.0. The Morgan fingerprint density at radius 2 is 1.12 bits per heavy atom. The minimum atomic E-state index is -0.0687. The quantitative estimate of drug-likeness (QED) is 0.605. The van der Waals surface area contributed by atoms with E-state index in [0.717, 1.165) is 0 Å². The zero-order valence-corrected chi connectivity index (χ0v) is 17.9. The smallest absolute Gasteiger partial charge is 0.160 e. The first-order valence-corrected chi connectivity index (χ1v) is 9.27. The molecule has 0 aliphatic carbocycles. The highest BCUT2D eigenvalue weighted by atomic mass is 16.1. The topological polar surface area (TPSA) is 68.3 Å². The van der Waals surface area contributed by atoms with E-state index in [2.05, 4.69) is 0 Å². The maximum Gasteiger partial charge on any atom is 0.160 e. The van der Waals surface area contributed by atoms with E-state index in [1.165, 1.54) is 13.8 Å². The van der Waals surface area contributed by atoms with Crippen LogP contribution in [0.15, 0.2) is 24.3 Å². The molecule has 0 aromatic heterocycles. The molecule has 0 heterocycles. The van der Waals surface area contributed by atoms with Crippen LogP contribution in [0.25, 0.3) is 0 Å². The number of hydrogen-bond acceptors (Lipinski definition) is 4. The lowest BCUT2D eigenvalue weighted by atomic mass is 10.0. The molecule has 1 unspecified atom stereocenters. The van der Waals surface area contributed by atoms with Gasteiger partial charge >= 0.3 is 0 Å².